The van der Waals surface area contributed by atoms with E-state index in [1.54, 1.807) is 12.1 Å². The lowest BCUT2D eigenvalue weighted by atomic mass is 10.1. The van der Waals surface area contributed by atoms with E-state index in [9.17, 15) is 14.7 Å². The first-order valence-corrected chi connectivity index (χ1v) is 7.26. The second-order valence-corrected chi connectivity index (χ2v) is 5.55. The molecule has 1 heterocycles. The maximum Gasteiger partial charge on any atom is 0.261 e. The molecule has 0 radical (unpaired) electrons. The summed E-state index contributed by atoms with van der Waals surface area (Å²) in [6.07, 6.45) is 0. The van der Waals surface area contributed by atoms with Crippen LogP contribution >= 0.6 is 11.3 Å². The van der Waals surface area contributed by atoms with Gasteiger partial charge in [-0.15, -0.1) is 11.3 Å². The zero-order valence-electron chi connectivity index (χ0n) is 11.5. The summed E-state index contributed by atoms with van der Waals surface area (Å²) in [7, 11) is 0. The van der Waals surface area contributed by atoms with Crippen LogP contribution in [0.2, 0.25) is 0 Å². The number of benzene rings is 1. The summed E-state index contributed by atoms with van der Waals surface area (Å²) in [6.45, 7) is 1.23. The normalized spacial score (nSPS) is 11.7. The smallest absolute Gasteiger partial charge is 0.261 e. The summed E-state index contributed by atoms with van der Waals surface area (Å²) in [6, 6.07) is 12.1. The van der Waals surface area contributed by atoms with Crippen molar-refractivity contribution in [1.82, 2.24) is 5.32 Å². The molecule has 0 bridgehead atoms. The van der Waals surface area contributed by atoms with Crippen LogP contribution in [0.5, 0.6) is 0 Å². The van der Waals surface area contributed by atoms with E-state index >= 15 is 0 Å². The summed E-state index contributed by atoms with van der Waals surface area (Å²) >= 11 is 1.19. The maximum absolute atomic E-state index is 12.2. The second-order valence-electron chi connectivity index (χ2n) is 4.46. The maximum atomic E-state index is 12.2. The second kappa shape index (κ2) is 7.01. The highest BCUT2D eigenvalue weighted by atomic mass is 32.1. The first-order chi connectivity index (χ1) is 10.1. The van der Waals surface area contributed by atoms with Crippen LogP contribution < -0.4 is 10.6 Å². The average Bonchev–Trinajstić information content (AvgIpc) is 2.93. The van der Waals surface area contributed by atoms with Gasteiger partial charge < -0.3 is 15.7 Å². The number of hydrogen-bond acceptors (Lipinski definition) is 4. The molecule has 1 aromatic carbocycles. The van der Waals surface area contributed by atoms with Gasteiger partial charge in [-0.2, -0.15) is 0 Å². The highest BCUT2D eigenvalue weighted by Gasteiger charge is 2.16. The Morgan fingerprint density at radius 3 is 2.52 bits per heavy atom. The third kappa shape index (κ3) is 4.14. The topological polar surface area (TPSA) is 78.4 Å². The van der Waals surface area contributed by atoms with E-state index < -0.39 is 6.04 Å². The fourth-order valence-corrected chi connectivity index (χ4v) is 2.71. The van der Waals surface area contributed by atoms with Crippen molar-refractivity contribution >= 4 is 28.2 Å². The minimum Gasteiger partial charge on any atom is -0.394 e. The van der Waals surface area contributed by atoms with Crippen molar-refractivity contribution in [3.63, 3.8) is 0 Å². The number of aliphatic hydroxyl groups excluding tert-OH is 1. The molecule has 2 rings (SSSR count). The van der Waals surface area contributed by atoms with Crippen LogP contribution in [0.1, 0.15) is 28.2 Å². The predicted octanol–water partition coefficient (Wildman–Crippen LogP) is 2.17. The van der Waals surface area contributed by atoms with E-state index in [0.717, 1.165) is 5.56 Å². The molecule has 1 atom stereocenters. The van der Waals surface area contributed by atoms with Crippen LogP contribution in [0.4, 0.5) is 5.00 Å². The summed E-state index contributed by atoms with van der Waals surface area (Å²) in [5.74, 6) is -0.458. The molecule has 0 fully saturated rings. The van der Waals surface area contributed by atoms with E-state index in [1.807, 2.05) is 30.3 Å². The van der Waals surface area contributed by atoms with Gasteiger partial charge in [0.1, 0.15) is 0 Å². The van der Waals surface area contributed by atoms with Gasteiger partial charge in [0, 0.05) is 6.92 Å². The fraction of sp³-hybridized carbons (Fsp3) is 0.200. The molecule has 0 unspecified atom stereocenters. The van der Waals surface area contributed by atoms with Crippen LogP contribution in [0.3, 0.4) is 0 Å². The molecule has 2 amide bonds. The number of amides is 2. The average molecular weight is 304 g/mol. The van der Waals surface area contributed by atoms with Crippen LogP contribution in [0.15, 0.2) is 42.5 Å². The lowest BCUT2D eigenvalue weighted by Crippen LogP contribution is -2.30. The Morgan fingerprint density at radius 1 is 1.19 bits per heavy atom. The van der Waals surface area contributed by atoms with Crippen molar-refractivity contribution in [2.24, 2.45) is 0 Å². The molecule has 0 aliphatic carbocycles. The number of carbonyl (C=O) groups excluding carboxylic acids is 2. The molecule has 1 aromatic heterocycles. The molecule has 0 aliphatic rings. The standard InChI is InChI=1S/C15H16N2O3S/c1-10(19)16-14-8-7-13(21-14)15(20)17-12(9-18)11-5-3-2-4-6-11/h2-8,12,18H,9H2,1H3,(H,16,19)(H,17,20)/t12-/m1/s1. The summed E-state index contributed by atoms with van der Waals surface area (Å²) in [5, 5.41) is 15.5. The van der Waals surface area contributed by atoms with Gasteiger partial charge in [-0.05, 0) is 17.7 Å². The molecule has 0 aliphatic heterocycles. The number of aliphatic hydroxyl groups is 1. The first kappa shape index (κ1) is 15.2. The quantitative estimate of drug-likeness (QED) is 0.792. The first-order valence-electron chi connectivity index (χ1n) is 6.44. The van der Waals surface area contributed by atoms with Gasteiger partial charge in [0.15, 0.2) is 0 Å². The van der Waals surface area contributed by atoms with Crippen LogP contribution in [-0.4, -0.2) is 23.5 Å². The lowest BCUT2D eigenvalue weighted by molar-refractivity contribution is -0.114. The zero-order valence-corrected chi connectivity index (χ0v) is 12.3. The van der Waals surface area contributed by atoms with Crippen molar-refractivity contribution in [2.45, 2.75) is 13.0 Å². The Balaban J connectivity index is 2.06. The molecule has 3 N–H and O–H groups in total. The van der Waals surface area contributed by atoms with E-state index in [4.69, 9.17) is 0 Å². The molecular formula is C15H16N2O3S. The zero-order chi connectivity index (χ0) is 15.2. The van der Waals surface area contributed by atoms with Gasteiger partial charge >= 0.3 is 0 Å². The highest BCUT2D eigenvalue weighted by molar-refractivity contribution is 7.18. The predicted molar refractivity (Wildman–Crippen MR) is 82.4 cm³/mol. The largest absolute Gasteiger partial charge is 0.394 e. The van der Waals surface area contributed by atoms with Crippen LogP contribution in [-0.2, 0) is 4.79 Å². The fourth-order valence-electron chi connectivity index (χ4n) is 1.85. The monoisotopic (exact) mass is 304 g/mol. The molecule has 0 spiro atoms. The van der Waals surface area contributed by atoms with Gasteiger partial charge in [0.25, 0.3) is 5.91 Å². The summed E-state index contributed by atoms with van der Waals surface area (Å²) < 4.78 is 0. The number of nitrogens with one attached hydrogen (secondary N) is 2. The van der Waals surface area contributed by atoms with Crippen LogP contribution in [0.25, 0.3) is 0 Å². The Labute approximate surface area is 126 Å². The van der Waals surface area contributed by atoms with Gasteiger partial charge in [0.2, 0.25) is 5.91 Å². The molecule has 0 saturated carbocycles. The highest BCUT2D eigenvalue weighted by Crippen LogP contribution is 2.22. The third-order valence-electron chi connectivity index (χ3n) is 2.82. The summed E-state index contributed by atoms with van der Waals surface area (Å²) in [4.78, 5) is 23.6. The van der Waals surface area contributed by atoms with E-state index in [2.05, 4.69) is 10.6 Å². The number of carbonyl (C=O) groups is 2. The van der Waals surface area contributed by atoms with Crippen molar-refractivity contribution in [2.75, 3.05) is 11.9 Å². The van der Waals surface area contributed by atoms with Crippen molar-refractivity contribution in [3.05, 3.63) is 52.9 Å². The number of thiophene rings is 1. The Morgan fingerprint density at radius 2 is 1.90 bits per heavy atom. The van der Waals surface area contributed by atoms with Gasteiger partial charge in [-0.1, -0.05) is 30.3 Å². The van der Waals surface area contributed by atoms with Gasteiger partial charge in [-0.3, -0.25) is 9.59 Å². The molecule has 6 heteroatoms. The van der Waals surface area contributed by atoms with Crippen LogP contribution in [0, 0.1) is 0 Å². The Bertz CT molecular complexity index is 625. The molecular weight excluding hydrogens is 288 g/mol. The minimum atomic E-state index is -0.454. The van der Waals surface area contributed by atoms with Gasteiger partial charge in [0.05, 0.1) is 22.5 Å². The third-order valence-corrected chi connectivity index (χ3v) is 3.82. The van der Waals surface area contributed by atoms with Crippen molar-refractivity contribution in [1.29, 1.82) is 0 Å². The lowest BCUT2D eigenvalue weighted by Gasteiger charge is -2.16. The van der Waals surface area contributed by atoms with E-state index in [-0.39, 0.29) is 18.4 Å². The minimum absolute atomic E-state index is 0.179. The molecule has 110 valence electrons. The summed E-state index contributed by atoms with van der Waals surface area (Å²) in [5.41, 5.74) is 0.840. The van der Waals surface area contributed by atoms with Crippen molar-refractivity contribution < 1.29 is 14.7 Å². The van der Waals surface area contributed by atoms with E-state index in [0.29, 0.717) is 9.88 Å². The Hall–Kier alpha value is -2.18. The molecule has 5 nitrogen and oxygen atoms in total. The van der Waals surface area contributed by atoms with Crippen molar-refractivity contribution in [3.8, 4) is 0 Å². The molecule has 2 aromatic rings. The SMILES string of the molecule is CC(=O)Nc1ccc(C(=O)N[C@H](CO)c2ccccc2)s1. The number of hydrogen-bond donors (Lipinski definition) is 3. The van der Waals surface area contributed by atoms with Gasteiger partial charge in [-0.25, -0.2) is 0 Å². The van der Waals surface area contributed by atoms with E-state index in [1.165, 1.54) is 18.3 Å². The number of rotatable bonds is 5. The molecule has 0 saturated heterocycles. The Kier molecular flexibility index (Phi) is 5.08. The number of anilines is 1. The molecule has 21 heavy (non-hydrogen) atoms.